The Morgan fingerprint density at radius 3 is 2.41 bits per heavy atom. The SMILES string of the molecule is Cc1cc(NS(=O)(=O)C2CCC2)c2ccccc2c1Oc1ncccc1-c1ccnc(N[C@H]2CC[C@H](N)CC2)n1.Cl. The van der Waals surface area contributed by atoms with Gasteiger partial charge in [0.25, 0.3) is 0 Å². The lowest BCUT2D eigenvalue weighted by molar-refractivity contribution is 0.410. The highest BCUT2D eigenvalue weighted by Gasteiger charge is 2.32. The number of sulfonamides is 1. The largest absolute Gasteiger partial charge is 0.437 e. The van der Waals surface area contributed by atoms with E-state index in [0.717, 1.165) is 54.0 Å². The predicted octanol–water partition coefficient (Wildman–Crippen LogP) is 6.19. The maximum atomic E-state index is 12.9. The Morgan fingerprint density at radius 1 is 0.927 bits per heavy atom. The number of halogens is 1. The number of hydrogen-bond donors (Lipinski definition) is 3. The fourth-order valence-corrected chi connectivity index (χ4v) is 7.01. The van der Waals surface area contributed by atoms with Crippen LogP contribution in [0.25, 0.3) is 22.0 Å². The van der Waals surface area contributed by atoms with E-state index in [0.29, 0.717) is 47.8 Å². The molecular weight excluding hydrogens is 560 g/mol. The van der Waals surface area contributed by atoms with E-state index in [2.05, 4.69) is 20.0 Å². The van der Waals surface area contributed by atoms with Crippen molar-refractivity contribution >= 4 is 44.8 Å². The monoisotopic (exact) mass is 594 g/mol. The number of ether oxygens (including phenoxy) is 1. The molecule has 0 saturated heterocycles. The van der Waals surface area contributed by atoms with Crippen molar-refractivity contribution in [3.63, 3.8) is 0 Å². The summed E-state index contributed by atoms with van der Waals surface area (Å²) in [5.74, 6) is 1.59. The lowest BCUT2D eigenvalue weighted by Gasteiger charge is -2.26. The van der Waals surface area contributed by atoms with E-state index in [4.69, 9.17) is 15.5 Å². The van der Waals surface area contributed by atoms with Crippen LogP contribution >= 0.6 is 12.4 Å². The molecule has 0 unspecified atom stereocenters. The summed E-state index contributed by atoms with van der Waals surface area (Å²) in [7, 11) is -3.45. The van der Waals surface area contributed by atoms with E-state index in [-0.39, 0.29) is 23.7 Å². The molecule has 41 heavy (non-hydrogen) atoms. The average Bonchev–Trinajstić information content (AvgIpc) is 2.91. The molecule has 0 spiro atoms. The third kappa shape index (κ3) is 6.24. The standard InChI is InChI=1S/C30H34N6O3S.ClH/c1-19-18-27(36-40(37,38)22-6-4-7-22)23-8-2-3-9-24(23)28(19)39-29-25(10-5-16-32-29)26-15-17-33-30(35-26)34-21-13-11-20(31)12-14-21;/h2-3,5,8-10,15-18,20-22,36H,4,6-7,11-14,31H2,1H3,(H,33,34,35);1H/t20-,21-;. The summed E-state index contributed by atoms with van der Waals surface area (Å²) >= 11 is 0. The van der Waals surface area contributed by atoms with Gasteiger partial charge >= 0.3 is 0 Å². The van der Waals surface area contributed by atoms with E-state index in [1.54, 1.807) is 12.4 Å². The van der Waals surface area contributed by atoms with E-state index >= 15 is 0 Å². The molecule has 0 aliphatic heterocycles. The van der Waals surface area contributed by atoms with Crippen molar-refractivity contribution in [1.29, 1.82) is 0 Å². The Labute approximate surface area is 246 Å². The highest BCUT2D eigenvalue weighted by atomic mass is 35.5. The van der Waals surface area contributed by atoms with Gasteiger partial charge in [0.2, 0.25) is 21.9 Å². The van der Waals surface area contributed by atoms with Crippen LogP contribution in [0.5, 0.6) is 11.6 Å². The Bertz CT molecular complexity index is 1640. The summed E-state index contributed by atoms with van der Waals surface area (Å²) in [5.41, 5.74) is 8.84. The van der Waals surface area contributed by atoms with Gasteiger partial charge in [0, 0.05) is 35.2 Å². The van der Waals surface area contributed by atoms with Crippen LogP contribution in [-0.4, -0.2) is 40.7 Å². The smallest absolute Gasteiger partial charge is 0.235 e. The molecule has 2 fully saturated rings. The Kier molecular flexibility index (Phi) is 8.63. The zero-order chi connectivity index (χ0) is 27.7. The number of hydrogen-bond acceptors (Lipinski definition) is 8. The van der Waals surface area contributed by atoms with Crippen molar-refractivity contribution in [2.45, 2.75) is 69.2 Å². The van der Waals surface area contributed by atoms with Gasteiger partial charge in [-0.1, -0.05) is 30.7 Å². The topological polar surface area (TPSA) is 132 Å². The molecule has 2 aliphatic carbocycles. The summed E-state index contributed by atoms with van der Waals surface area (Å²) < 4.78 is 35.2. The van der Waals surface area contributed by atoms with E-state index < -0.39 is 10.0 Å². The number of fused-ring (bicyclic) bond motifs is 1. The van der Waals surface area contributed by atoms with E-state index in [9.17, 15) is 8.42 Å². The molecule has 0 atom stereocenters. The van der Waals surface area contributed by atoms with Crippen LogP contribution in [0.2, 0.25) is 0 Å². The molecule has 2 saturated carbocycles. The summed E-state index contributed by atoms with van der Waals surface area (Å²) in [5, 5.41) is 4.69. The second-order valence-electron chi connectivity index (χ2n) is 10.8. The molecule has 4 aromatic rings. The van der Waals surface area contributed by atoms with Gasteiger partial charge in [0.15, 0.2) is 0 Å². The van der Waals surface area contributed by atoms with Crippen LogP contribution in [0.4, 0.5) is 11.6 Å². The first-order chi connectivity index (χ1) is 19.4. The van der Waals surface area contributed by atoms with Crippen molar-refractivity contribution in [1.82, 2.24) is 15.0 Å². The molecule has 2 aromatic heterocycles. The van der Waals surface area contributed by atoms with Gasteiger partial charge in [-0.2, -0.15) is 0 Å². The Morgan fingerprint density at radius 2 is 1.68 bits per heavy atom. The van der Waals surface area contributed by atoms with Gasteiger partial charge in [-0.15, -0.1) is 12.4 Å². The normalized spacial score (nSPS) is 19.2. The zero-order valence-electron chi connectivity index (χ0n) is 22.9. The molecule has 9 nitrogen and oxygen atoms in total. The maximum Gasteiger partial charge on any atom is 0.235 e. The summed E-state index contributed by atoms with van der Waals surface area (Å²) in [4.78, 5) is 13.8. The Hall–Kier alpha value is -3.47. The number of nitrogens with zero attached hydrogens (tertiary/aromatic N) is 3. The molecule has 4 N–H and O–H groups in total. The first-order valence-corrected chi connectivity index (χ1v) is 15.4. The minimum atomic E-state index is -3.45. The minimum absolute atomic E-state index is 0. The zero-order valence-corrected chi connectivity index (χ0v) is 24.5. The molecule has 0 radical (unpaired) electrons. The molecular formula is C30H35ClN6O3S. The molecule has 6 rings (SSSR count). The number of anilines is 2. The van der Waals surface area contributed by atoms with E-state index in [1.165, 1.54) is 0 Å². The molecule has 0 amide bonds. The average molecular weight is 595 g/mol. The number of nitrogens with one attached hydrogen (secondary N) is 2. The van der Waals surface area contributed by atoms with Crippen LogP contribution < -0.4 is 20.5 Å². The molecule has 11 heteroatoms. The highest BCUT2D eigenvalue weighted by molar-refractivity contribution is 7.93. The van der Waals surface area contributed by atoms with Gasteiger partial charge in [0.1, 0.15) is 5.75 Å². The van der Waals surface area contributed by atoms with Gasteiger partial charge in [-0.25, -0.2) is 23.4 Å². The number of aryl methyl sites for hydroxylation is 1. The number of benzene rings is 2. The van der Waals surface area contributed by atoms with Gasteiger partial charge < -0.3 is 15.8 Å². The van der Waals surface area contributed by atoms with Crippen molar-refractivity contribution in [2.24, 2.45) is 5.73 Å². The lowest BCUT2D eigenvalue weighted by Crippen LogP contribution is -2.33. The van der Waals surface area contributed by atoms with Crippen LogP contribution in [-0.2, 0) is 10.0 Å². The van der Waals surface area contributed by atoms with Gasteiger partial charge in [-0.3, -0.25) is 4.72 Å². The lowest BCUT2D eigenvalue weighted by atomic mass is 9.92. The van der Waals surface area contributed by atoms with Crippen molar-refractivity contribution < 1.29 is 13.2 Å². The molecule has 0 bridgehead atoms. The quantitative estimate of drug-likeness (QED) is 0.220. The fourth-order valence-electron chi connectivity index (χ4n) is 5.41. The molecule has 2 aromatic carbocycles. The number of aromatic nitrogens is 3. The van der Waals surface area contributed by atoms with Gasteiger partial charge in [-0.05, 0) is 75.3 Å². The molecule has 216 valence electrons. The maximum absolute atomic E-state index is 12.9. The van der Waals surface area contributed by atoms with Crippen molar-refractivity contribution in [2.75, 3.05) is 10.0 Å². The summed E-state index contributed by atoms with van der Waals surface area (Å²) in [6, 6.07) is 15.7. The van der Waals surface area contributed by atoms with Gasteiger partial charge in [0.05, 0.1) is 22.2 Å². The van der Waals surface area contributed by atoms with Crippen LogP contribution in [0.3, 0.4) is 0 Å². The molecule has 2 aliphatic rings. The summed E-state index contributed by atoms with van der Waals surface area (Å²) in [6.45, 7) is 1.91. The fraction of sp³-hybridized carbons (Fsp3) is 0.367. The molecule has 2 heterocycles. The third-order valence-electron chi connectivity index (χ3n) is 7.93. The van der Waals surface area contributed by atoms with Crippen LogP contribution in [0, 0.1) is 6.92 Å². The first-order valence-electron chi connectivity index (χ1n) is 13.9. The second kappa shape index (κ2) is 12.2. The Balaban J connectivity index is 0.00000337. The number of pyridine rings is 1. The predicted molar refractivity (Wildman–Crippen MR) is 165 cm³/mol. The second-order valence-corrected chi connectivity index (χ2v) is 12.8. The van der Waals surface area contributed by atoms with Crippen LogP contribution in [0.15, 0.2) is 60.9 Å². The van der Waals surface area contributed by atoms with Crippen molar-refractivity contribution in [3.8, 4) is 22.9 Å². The minimum Gasteiger partial charge on any atom is -0.437 e. The van der Waals surface area contributed by atoms with Crippen LogP contribution in [0.1, 0.15) is 50.5 Å². The highest BCUT2D eigenvalue weighted by Crippen LogP contribution is 2.40. The van der Waals surface area contributed by atoms with E-state index in [1.807, 2.05) is 55.5 Å². The summed E-state index contributed by atoms with van der Waals surface area (Å²) in [6.07, 6.45) is 9.74. The van der Waals surface area contributed by atoms with Crippen molar-refractivity contribution in [3.05, 3.63) is 66.5 Å². The third-order valence-corrected chi connectivity index (χ3v) is 9.78. The first kappa shape index (κ1) is 29.0. The number of nitrogens with two attached hydrogens (primary N) is 1. The number of rotatable bonds is 8.